The third-order valence-corrected chi connectivity index (χ3v) is 5.61. The van der Waals surface area contributed by atoms with Gasteiger partial charge in [-0.05, 0) is 47.2 Å². The number of amides is 1. The van der Waals surface area contributed by atoms with E-state index in [-0.39, 0.29) is 18.9 Å². The molecule has 5 rings (SSSR count). The number of ether oxygens (including phenoxy) is 1. The summed E-state index contributed by atoms with van der Waals surface area (Å²) in [6.07, 6.45) is 3.06. The van der Waals surface area contributed by atoms with Crippen LogP contribution in [0.4, 0.5) is 10.1 Å². The lowest BCUT2D eigenvalue weighted by Gasteiger charge is -2.06. The number of carbonyl (C=O) groups excluding carboxylic acids is 1. The Hall–Kier alpha value is -4.10. The van der Waals surface area contributed by atoms with E-state index in [1.165, 1.54) is 16.9 Å². The first-order valence-electron chi connectivity index (χ1n) is 10.5. The first-order valence-corrected chi connectivity index (χ1v) is 10.9. The van der Waals surface area contributed by atoms with Crippen LogP contribution in [0.2, 0.25) is 5.02 Å². The number of furan rings is 1. The van der Waals surface area contributed by atoms with Crippen LogP contribution in [-0.2, 0) is 13.2 Å². The third kappa shape index (κ3) is 4.79. The standard InChI is InChI=1S/C26H19ClFN3O3/c27-23-6-3-7-24(28)22(23)15-31-14-19(13-29-31)30-26(32)25-11-10-21(34-25)16-33-20-9-8-17-4-1-2-5-18(17)12-20/h1-14H,15-16H2,(H,30,32). The molecule has 3 aromatic carbocycles. The van der Waals surface area contributed by atoms with Crippen LogP contribution in [0.25, 0.3) is 10.8 Å². The van der Waals surface area contributed by atoms with Crippen molar-refractivity contribution in [2.24, 2.45) is 0 Å². The van der Waals surface area contributed by atoms with E-state index in [0.717, 1.165) is 10.8 Å². The second kappa shape index (κ2) is 9.41. The maximum absolute atomic E-state index is 14.0. The molecule has 0 saturated heterocycles. The predicted molar refractivity (Wildman–Crippen MR) is 128 cm³/mol. The Morgan fingerprint density at radius 3 is 2.76 bits per heavy atom. The predicted octanol–water partition coefficient (Wildman–Crippen LogP) is 6.30. The van der Waals surface area contributed by atoms with E-state index in [2.05, 4.69) is 10.4 Å². The molecule has 6 nitrogen and oxygen atoms in total. The molecule has 0 atom stereocenters. The highest BCUT2D eigenvalue weighted by molar-refractivity contribution is 6.31. The molecule has 34 heavy (non-hydrogen) atoms. The summed E-state index contributed by atoms with van der Waals surface area (Å²) < 4.78 is 26.9. The summed E-state index contributed by atoms with van der Waals surface area (Å²) in [5.74, 6) is 0.525. The van der Waals surface area contributed by atoms with Gasteiger partial charge in [-0.15, -0.1) is 0 Å². The van der Waals surface area contributed by atoms with Crippen molar-refractivity contribution in [2.45, 2.75) is 13.2 Å². The smallest absolute Gasteiger partial charge is 0.291 e. The van der Waals surface area contributed by atoms with Crippen molar-refractivity contribution < 1.29 is 18.3 Å². The summed E-state index contributed by atoms with van der Waals surface area (Å²) in [5.41, 5.74) is 0.773. The summed E-state index contributed by atoms with van der Waals surface area (Å²) in [6, 6.07) is 21.6. The average molecular weight is 476 g/mol. The Labute approximate surface area is 199 Å². The Morgan fingerprint density at radius 1 is 1.06 bits per heavy atom. The maximum atomic E-state index is 14.0. The minimum atomic E-state index is -0.430. The minimum Gasteiger partial charge on any atom is -0.486 e. The number of rotatable bonds is 7. The number of hydrogen-bond donors (Lipinski definition) is 1. The minimum absolute atomic E-state index is 0.137. The number of fused-ring (bicyclic) bond motifs is 1. The second-order valence-corrected chi connectivity index (χ2v) is 8.05. The van der Waals surface area contributed by atoms with Crippen molar-refractivity contribution in [3.8, 4) is 5.75 Å². The Bertz CT molecular complexity index is 1460. The van der Waals surface area contributed by atoms with E-state index in [0.29, 0.717) is 27.8 Å². The van der Waals surface area contributed by atoms with Crippen molar-refractivity contribution in [3.63, 3.8) is 0 Å². The molecule has 0 radical (unpaired) electrons. The highest BCUT2D eigenvalue weighted by atomic mass is 35.5. The highest BCUT2D eigenvalue weighted by Gasteiger charge is 2.14. The molecule has 1 N–H and O–H groups in total. The highest BCUT2D eigenvalue weighted by Crippen LogP contribution is 2.23. The van der Waals surface area contributed by atoms with E-state index in [9.17, 15) is 9.18 Å². The summed E-state index contributed by atoms with van der Waals surface area (Å²) >= 11 is 6.07. The van der Waals surface area contributed by atoms with Crippen LogP contribution in [0.15, 0.2) is 89.6 Å². The summed E-state index contributed by atoms with van der Waals surface area (Å²) in [7, 11) is 0. The van der Waals surface area contributed by atoms with Crippen LogP contribution in [0, 0.1) is 5.82 Å². The molecular weight excluding hydrogens is 457 g/mol. The van der Waals surface area contributed by atoms with Crippen LogP contribution < -0.4 is 10.1 Å². The van der Waals surface area contributed by atoms with E-state index < -0.39 is 11.7 Å². The number of nitrogens with one attached hydrogen (secondary N) is 1. The Balaban J connectivity index is 1.19. The average Bonchev–Trinajstić information content (AvgIpc) is 3.50. The molecule has 2 aromatic heterocycles. The lowest BCUT2D eigenvalue weighted by atomic mass is 10.1. The molecule has 0 bridgehead atoms. The molecule has 0 unspecified atom stereocenters. The monoisotopic (exact) mass is 475 g/mol. The zero-order valence-electron chi connectivity index (χ0n) is 17.9. The number of hydrogen-bond acceptors (Lipinski definition) is 4. The Morgan fingerprint density at radius 2 is 1.91 bits per heavy atom. The van der Waals surface area contributed by atoms with E-state index in [1.807, 2.05) is 42.5 Å². The van der Waals surface area contributed by atoms with Gasteiger partial charge in [-0.1, -0.05) is 48.0 Å². The van der Waals surface area contributed by atoms with Gasteiger partial charge in [0.2, 0.25) is 0 Å². The molecule has 8 heteroatoms. The first kappa shape index (κ1) is 21.7. The molecule has 170 valence electrons. The van der Waals surface area contributed by atoms with E-state index in [4.69, 9.17) is 20.8 Å². The van der Waals surface area contributed by atoms with E-state index >= 15 is 0 Å². The van der Waals surface area contributed by atoms with Gasteiger partial charge in [0, 0.05) is 16.8 Å². The van der Waals surface area contributed by atoms with Crippen LogP contribution in [0.3, 0.4) is 0 Å². The van der Waals surface area contributed by atoms with Gasteiger partial charge in [0.15, 0.2) is 5.76 Å². The molecular formula is C26H19ClFN3O3. The number of nitrogens with zero attached hydrogens (tertiary/aromatic N) is 2. The normalized spacial score (nSPS) is 11.0. The van der Waals surface area contributed by atoms with Gasteiger partial charge in [-0.3, -0.25) is 9.48 Å². The summed E-state index contributed by atoms with van der Waals surface area (Å²) in [6.45, 7) is 0.325. The largest absolute Gasteiger partial charge is 0.486 e. The van der Waals surface area contributed by atoms with Gasteiger partial charge in [-0.25, -0.2) is 4.39 Å². The molecule has 0 fully saturated rings. The van der Waals surface area contributed by atoms with Gasteiger partial charge in [0.1, 0.15) is 23.9 Å². The number of aromatic nitrogens is 2. The van der Waals surface area contributed by atoms with Crippen molar-refractivity contribution >= 4 is 34.0 Å². The first-order chi connectivity index (χ1) is 16.5. The number of anilines is 1. The fourth-order valence-corrected chi connectivity index (χ4v) is 3.76. The van der Waals surface area contributed by atoms with E-state index in [1.54, 1.807) is 30.5 Å². The summed E-state index contributed by atoms with van der Waals surface area (Å²) in [5, 5.41) is 9.40. The molecule has 0 saturated carbocycles. The van der Waals surface area contributed by atoms with Crippen LogP contribution >= 0.6 is 11.6 Å². The third-order valence-electron chi connectivity index (χ3n) is 5.26. The maximum Gasteiger partial charge on any atom is 0.291 e. The molecule has 0 aliphatic rings. The number of benzene rings is 3. The molecule has 0 aliphatic carbocycles. The lowest BCUT2D eigenvalue weighted by molar-refractivity contribution is 0.0992. The van der Waals surface area contributed by atoms with Gasteiger partial charge in [-0.2, -0.15) is 5.10 Å². The fraction of sp³-hybridized carbons (Fsp3) is 0.0769. The van der Waals surface area contributed by atoms with Crippen LogP contribution in [-0.4, -0.2) is 15.7 Å². The van der Waals surface area contributed by atoms with Crippen molar-refractivity contribution in [1.82, 2.24) is 9.78 Å². The molecule has 0 aliphatic heterocycles. The lowest BCUT2D eigenvalue weighted by Crippen LogP contribution is -2.10. The van der Waals surface area contributed by atoms with Gasteiger partial charge in [0.05, 0.1) is 18.4 Å². The topological polar surface area (TPSA) is 69.3 Å². The van der Waals surface area contributed by atoms with Gasteiger partial charge < -0.3 is 14.5 Å². The van der Waals surface area contributed by atoms with Crippen molar-refractivity contribution in [3.05, 3.63) is 113 Å². The van der Waals surface area contributed by atoms with Gasteiger partial charge in [0.25, 0.3) is 5.91 Å². The molecule has 1 amide bonds. The zero-order chi connectivity index (χ0) is 23.5. The molecule has 0 spiro atoms. The molecule has 5 aromatic rings. The van der Waals surface area contributed by atoms with Gasteiger partial charge >= 0.3 is 0 Å². The Kier molecular flexibility index (Phi) is 6.01. The number of halogens is 2. The van der Waals surface area contributed by atoms with Crippen molar-refractivity contribution in [2.75, 3.05) is 5.32 Å². The van der Waals surface area contributed by atoms with Crippen molar-refractivity contribution in [1.29, 1.82) is 0 Å². The quantitative estimate of drug-likeness (QED) is 0.300. The fourth-order valence-electron chi connectivity index (χ4n) is 3.54. The number of carbonyl (C=O) groups is 1. The van der Waals surface area contributed by atoms with Crippen LogP contribution in [0.1, 0.15) is 21.9 Å². The zero-order valence-corrected chi connectivity index (χ0v) is 18.6. The van der Waals surface area contributed by atoms with Crippen LogP contribution in [0.5, 0.6) is 5.75 Å². The summed E-state index contributed by atoms with van der Waals surface area (Å²) in [4.78, 5) is 12.6. The molecule has 2 heterocycles. The second-order valence-electron chi connectivity index (χ2n) is 7.64. The SMILES string of the molecule is O=C(Nc1cnn(Cc2c(F)cccc2Cl)c1)c1ccc(COc2ccc3ccccc3c2)o1.